The Labute approximate surface area is 108 Å². The van der Waals surface area contributed by atoms with Gasteiger partial charge in [-0.1, -0.05) is 11.6 Å². The third-order valence-electron chi connectivity index (χ3n) is 2.83. The van der Waals surface area contributed by atoms with Gasteiger partial charge >= 0.3 is 0 Å². The summed E-state index contributed by atoms with van der Waals surface area (Å²) in [6.07, 6.45) is 3.68. The fourth-order valence-electron chi connectivity index (χ4n) is 2.02. The average molecular weight is 308 g/mol. The van der Waals surface area contributed by atoms with Crippen molar-refractivity contribution < 1.29 is 4.39 Å². The minimum atomic E-state index is -0.259. The molecule has 2 heterocycles. The standard InChI is InChI=1S/C11H13BrClFN2/c12-9-4-10(13)11(15-6-9)16-3-1-2-8(5-14)7-16/h4,6,8H,1-3,5,7H2. The van der Waals surface area contributed by atoms with Crippen LogP contribution in [-0.2, 0) is 0 Å². The Bertz CT molecular complexity index is 375. The van der Waals surface area contributed by atoms with Gasteiger partial charge in [-0.25, -0.2) is 4.98 Å². The first-order valence-corrected chi connectivity index (χ1v) is 6.49. The molecule has 2 nitrogen and oxygen atoms in total. The molecule has 0 N–H and O–H groups in total. The van der Waals surface area contributed by atoms with Crippen molar-refractivity contribution in [1.82, 2.24) is 4.98 Å². The van der Waals surface area contributed by atoms with Gasteiger partial charge < -0.3 is 4.90 Å². The van der Waals surface area contributed by atoms with Gasteiger partial charge in [-0.3, -0.25) is 4.39 Å². The Balaban J connectivity index is 2.16. The molecule has 0 spiro atoms. The summed E-state index contributed by atoms with van der Waals surface area (Å²) in [4.78, 5) is 6.37. The van der Waals surface area contributed by atoms with Crippen molar-refractivity contribution in [2.45, 2.75) is 12.8 Å². The number of nitrogens with zero attached hydrogens (tertiary/aromatic N) is 2. The van der Waals surface area contributed by atoms with E-state index >= 15 is 0 Å². The van der Waals surface area contributed by atoms with E-state index in [1.807, 2.05) is 6.07 Å². The van der Waals surface area contributed by atoms with Crippen LogP contribution >= 0.6 is 27.5 Å². The average Bonchev–Trinajstić information content (AvgIpc) is 2.29. The van der Waals surface area contributed by atoms with Gasteiger partial charge in [-0.2, -0.15) is 0 Å². The molecule has 5 heteroatoms. The Morgan fingerprint density at radius 3 is 3.12 bits per heavy atom. The van der Waals surface area contributed by atoms with Crippen LogP contribution in [0, 0.1) is 5.92 Å². The Hall–Kier alpha value is -0.350. The van der Waals surface area contributed by atoms with Crippen molar-refractivity contribution >= 4 is 33.3 Å². The minimum Gasteiger partial charge on any atom is -0.355 e. The summed E-state index contributed by atoms with van der Waals surface area (Å²) in [5.41, 5.74) is 0. The van der Waals surface area contributed by atoms with E-state index in [-0.39, 0.29) is 12.6 Å². The molecule has 2 rings (SSSR count). The third kappa shape index (κ3) is 2.66. The second kappa shape index (κ2) is 5.32. The quantitative estimate of drug-likeness (QED) is 0.828. The fraction of sp³-hybridized carbons (Fsp3) is 0.545. The Morgan fingerprint density at radius 1 is 1.62 bits per heavy atom. The first kappa shape index (κ1) is 12.1. The number of pyridine rings is 1. The molecule has 0 aromatic carbocycles. The highest BCUT2D eigenvalue weighted by molar-refractivity contribution is 9.10. The largest absolute Gasteiger partial charge is 0.355 e. The lowest BCUT2D eigenvalue weighted by Gasteiger charge is -2.32. The van der Waals surface area contributed by atoms with E-state index < -0.39 is 0 Å². The second-order valence-electron chi connectivity index (χ2n) is 4.07. The number of hydrogen-bond donors (Lipinski definition) is 0. The highest BCUT2D eigenvalue weighted by atomic mass is 79.9. The number of aromatic nitrogens is 1. The molecule has 1 aliphatic rings. The predicted molar refractivity (Wildman–Crippen MR) is 67.9 cm³/mol. The van der Waals surface area contributed by atoms with Gasteiger partial charge in [0, 0.05) is 29.7 Å². The van der Waals surface area contributed by atoms with E-state index in [0.717, 1.165) is 29.7 Å². The van der Waals surface area contributed by atoms with E-state index in [1.165, 1.54) is 0 Å². The van der Waals surface area contributed by atoms with Crippen molar-refractivity contribution in [3.8, 4) is 0 Å². The van der Waals surface area contributed by atoms with Crippen molar-refractivity contribution in [2.75, 3.05) is 24.7 Å². The van der Waals surface area contributed by atoms with Crippen LogP contribution in [0.25, 0.3) is 0 Å². The third-order valence-corrected chi connectivity index (χ3v) is 3.54. The van der Waals surface area contributed by atoms with Crippen LogP contribution in [0.4, 0.5) is 10.2 Å². The van der Waals surface area contributed by atoms with Crippen molar-refractivity contribution in [2.24, 2.45) is 5.92 Å². The van der Waals surface area contributed by atoms with Crippen LogP contribution in [0.1, 0.15) is 12.8 Å². The minimum absolute atomic E-state index is 0.121. The molecular formula is C11H13BrClFN2. The molecule has 0 amide bonds. The van der Waals surface area contributed by atoms with Gasteiger partial charge in [0.25, 0.3) is 0 Å². The van der Waals surface area contributed by atoms with Crippen molar-refractivity contribution in [3.05, 3.63) is 21.8 Å². The fourth-order valence-corrected chi connectivity index (χ4v) is 2.77. The first-order valence-electron chi connectivity index (χ1n) is 5.32. The van der Waals surface area contributed by atoms with Crippen LogP contribution in [-0.4, -0.2) is 24.7 Å². The van der Waals surface area contributed by atoms with Crippen molar-refractivity contribution in [3.63, 3.8) is 0 Å². The summed E-state index contributed by atoms with van der Waals surface area (Å²) in [6, 6.07) is 1.82. The molecular weight excluding hydrogens is 294 g/mol. The van der Waals surface area contributed by atoms with E-state index in [1.54, 1.807) is 6.20 Å². The van der Waals surface area contributed by atoms with E-state index in [2.05, 4.69) is 25.8 Å². The molecule has 1 aromatic rings. The summed E-state index contributed by atoms with van der Waals surface area (Å²) in [5, 5.41) is 0.619. The van der Waals surface area contributed by atoms with Gasteiger partial charge in [0.2, 0.25) is 0 Å². The number of anilines is 1. The topological polar surface area (TPSA) is 16.1 Å². The monoisotopic (exact) mass is 306 g/mol. The maximum atomic E-state index is 12.6. The molecule has 0 aliphatic carbocycles. The Kier molecular flexibility index (Phi) is 4.03. The maximum absolute atomic E-state index is 12.6. The molecule has 0 saturated carbocycles. The number of halogens is 3. The smallest absolute Gasteiger partial charge is 0.147 e. The van der Waals surface area contributed by atoms with E-state index in [0.29, 0.717) is 11.6 Å². The second-order valence-corrected chi connectivity index (χ2v) is 5.39. The number of piperidine rings is 1. The molecule has 1 unspecified atom stereocenters. The van der Waals surface area contributed by atoms with Gasteiger partial charge in [0.15, 0.2) is 0 Å². The zero-order chi connectivity index (χ0) is 11.5. The molecule has 1 aromatic heterocycles. The van der Waals surface area contributed by atoms with Crippen LogP contribution < -0.4 is 4.90 Å². The molecule has 1 saturated heterocycles. The zero-order valence-corrected chi connectivity index (χ0v) is 11.1. The van der Waals surface area contributed by atoms with E-state index in [9.17, 15) is 4.39 Å². The Morgan fingerprint density at radius 2 is 2.44 bits per heavy atom. The summed E-state index contributed by atoms with van der Waals surface area (Å²) >= 11 is 9.45. The normalized spacial score (nSPS) is 21.2. The maximum Gasteiger partial charge on any atom is 0.147 e. The molecule has 16 heavy (non-hydrogen) atoms. The molecule has 0 radical (unpaired) electrons. The highest BCUT2D eigenvalue weighted by Gasteiger charge is 2.22. The molecule has 0 bridgehead atoms. The lowest BCUT2D eigenvalue weighted by atomic mass is 9.99. The van der Waals surface area contributed by atoms with Crippen LogP contribution in [0.2, 0.25) is 5.02 Å². The molecule has 88 valence electrons. The van der Waals surface area contributed by atoms with E-state index in [4.69, 9.17) is 11.6 Å². The summed E-state index contributed by atoms with van der Waals surface area (Å²) in [5.74, 6) is 0.887. The van der Waals surface area contributed by atoms with Gasteiger partial charge in [-0.05, 0) is 34.8 Å². The number of hydrogen-bond acceptors (Lipinski definition) is 2. The highest BCUT2D eigenvalue weighted by Crippen LogP contribution is 2.29. The van der Waals surface area contributed by atoms with Crippen LogP contribution in [0.3, 0.4) is 0 Å². The summed E-state index contributed by atoms with van der Waals surface area (Å²) in [6.45, 7) is 1.36. The molecule has 1 fully saturated rings. The lowest BCUT2D eigenvalue weighted by molar-refractivity contribution is 0.315. The van der Waals surface area contributed by atoms with Crippen molar-refractivity contribution in [1.29, 1.82) is 0 Å². The summed E-state index contributed by atoms with van der Waals surface area (Å²) in [7, 11) is 0. The molecule has 1 aliphatic heterocycles. The number of alkyl halides is 1. The number of rotatable bonds is 2. The van der Waals surface area contributed by atoms with Gasteiger partial charge in [-0.15, -0.1) is 0 Å². The van der Waals surface area contributed by atoms with Crippen LogP contribution in [0.5, 0.6) is 0 Å². The van der Waals surface area contributed by atoms with Crippen LogP contribution in [0.15, 0.2) is 16.7 Å². The lowest BCUT2D eigenvalue weighted by Crippen LogP contribution is -2.36. The SMILES string of the molecule is FCC1CCCN(c2ncc(Br)cc2Cl)C1. The summed E-state index contributed by atoms with van der Waals surface area (Å²) < 4.78 is 13.5. The predicted octanol–water partition coefficient (Wildman–Crippen LogP) is 3.68. The van der Waals surface area contributed by atoms with Gasteiger partial charge in [0.1, 0.15) is 5.82 Å². The zero-order valence-electron chi connectivity index (χ0n) is 8.80. The van der Waals surface area contributed by atoms with Gasteiger partial charge in [0.05, 0.1) is 11.7 Å². The molecule has 1 atom stereocenters. The first-order chi connectivity index (χ1) is 7.70.